The van der Waals surface area contributed by atoms with Crippen molar-refractivity contribution in [3.8, 4) is 0 Å². The molecule has 0 amide bonds. The Morgan fingerprint density at radius 1 is 1.14 bits per heavy atom. The average Bonchev–Trinajstić information content (AvgIpc) is 2.53. The number of hydrogen-bond donors (Lipinski definition) is 1. The van der Waals surface area contributed by atoms with E-state index in [2.05, 4.69) is 0 Å². The molecule has 0 saturated carbocycles. The van der Waals surface area contributed by atoms with E-state index in [1.807, 2.05) is 30.3 Å². The van der Waals surface area contributed by atoms with E-state index < -0.39 is 4.92 Å². The molecule has 2 rings (SSSR count). The number of nitrogens with zero attached hydrogens (tertiary/aromatic N) is 2. The van der Waals surface area contributed by atoms with Gasteiger partial charge in [0.1, 0.15) is 0 Å². The van der Waals surface area contributed by atoms with Crippen molar-refractivity contribution in [2.24, 2.45) is 0 Å². The van der Waals surface area contributed by atoms with Crippen molar-refractivity contribution in [3.05, 3.63) is 88.1 Å². The highest BCUT2D eigenvalue weighted by Gasteiger charge is 2.07. The summed E-state index contributed by atoms with van der Waals surface area (Å²) < 4.78 is 0. The molecule has 6 nitrogen and oxygen atoms in total. The largest absolute Gasteiger partial charge is 0.289 e. The number of allylic oxidation sites excluding steroid dienone is 1. The molecule has 0 aromatic heterocycles. The monoisotopic (exact) mass is 298 g/mol. The maximum absolute atomic E-state index is 11.9. The third kappa shape index (κ3) is 4.26. The lowest BCUT2D eigenvalue weighted by molar-refractivity contribution is -0.384. The fourth-order valence-corrected chi connectivity index (χ4v) is 1.82. The van der Waals surface area contributed by atoms with Crippen LogP contribution in [0, 0.1) is 10.1 Å². The smallest absolute Gasteiger partial charge is 0.269 e. The summed E-state index contributed by atoms with van der Waals surface area (Å²) in [4.78, 5) is 21.9. The summed E-state index contributed by atoms with van der Waals surface area (Å²) in [5.74, 6) is -0.345. The Kier molecular flexibility index (Phi) is 5.00. The summed E-state index contributed by atoms with van der Waals surface area (Å²) in [6.07, 6.45) is 2.47. The zero-order valence-corrected chi connectivity index (χ0v) is 11.6. The highest BCUT2D eigenvalue weighted by Crippen LogP contribution is 2.12. The molecule has 112 valence electrons. The summed E-state index contributed by atoms with van der Waals surface area (Å²) in [7, 11) is 0. The van der Waals surface area contributed by atoms with Crippen molar-refractivity contribution in [3.63, 3.8) is 0 Å². The van der Waals surface area contributed by atoms with Crippen LogP contribution in [-0.2, 0) is 6.54 Å². The van der Waals surface area contributed by atoms with E-state index in [0.717, 1.165) is 10.6 Å². The Labute approximate surface area is 127 Å². The predicted octanol–water partition coefficient (Wildman–Crippen LogP) is 3.18. The first-order valence-corrected chi connectivity index (χ1v) is 6.52. The second-order valence-electron chi connectivity index (χ2n) is 4.57. The standard InChI is InChI=1S/C16H14N2O4/c19-16(14-6-8-15(9-7-14)18(21)22)10-11-17(20)12-13-4-2-1-3-5-13/h1-11,20H,12H2/b11-10+. The van der Waals surface area contributed by atoms with Gasteiger partial charge in [-0.2, -0.15) is 0 Å². The maximum Gasteiger partial charge on any atom is 0.269 e. The van der Waals surface area contributed by atoms with E-state index in [-0.39, 0.29) is 18.0 Å². The molecule has 2 aromatic carbocycles. The van der Waals surface area contributed by atoms with Gasteiger partial charge in [0, 0.05) is 30.0 Å². The highest BCUT2D eigenvalue weighted by molar-refractivity contribution is 6.04. The molecule has 0 radical (unpaired) electrons. The van der Waals surface area contributed by atoms with Gasteiger partial charge in [-0.1, -0.05) is 30.3 Å². The summed E-state index contributed by atoms with van der Waals surface area (Å²) >= 11 is 0. The molecule has 0 fully saturated rings. The number of benzene rings is 2. The Hall–Kier alpha value is -2.99. The van der Waals surface area contributed by atoms with Gasteiger partial charge in [0.15, 0.2) is 5.78 Å². The first kappa shape index (κ1) is 15.4. The molecular weight excluding hydrogens is 284 g/mol. The van der Waals surface area contributed by atoms with Crippen LogP contribution in [0.25, 0.3) is 0 Å². The minimum absolute atomic E-state index is 0.0756. The summed E-state index contributed by atoms with van der Waals surface area (Å²) in [5, 5.41) is 21.2. The molecule has 6 heteroatoms. The number of nitro groups is 1. The molecule has 2 aromatic rings. The van der Waals surface area contributed by atoms with Crippen LogP contribution in [0.2, 0.25) is 0 Å². The van der Waals surface area contributed by atoms with E-state index in [9.17, 15) is 20.1 Å². The Morgan fingerprint density at radius 3 is 2.36 bits per heavy atom. The molecule has 0 heterocycles. The van der Waals surface area contributed by atoms with Gasteiger partial charge >= 0.3 is 0 Å². The number of non-ortho nitro benzene ring substituents is 1. The number of nitro benzene ring substituents is 1. The van der Waals surface area contributed by atoms with Crippen LogP contribution in [-0.4, -0.2) is 21.0 Å². The third-order valence-electron chi connectivity index (χ3n) is 2.95. The van der Waals surface area contributed by atoms with Crippen LogP contribution in [0.4, 0.5) is 5.69 Å². The number of carbonyl (C=O) groups is 1. The van der Waals surface area contributed by atoms with Crippen molar-refractivity contribution in [1.29, 1.82) is 0 Å². The lowest BCUT2D eigenvalue weighted by Crippen LogP contribution is -2.11. The first-order chi connectivity index (χ1) is 10.6. The van der Waals surface area contributed by atoms with Crippen molar-refractivity contribution < 1.29 is 14.9 Å². The topological polar surface area (TPSA) is 83.7 Å². The number of hydroxylamine groups is 2. The normalized spacial score (nSPS) is 10.6. The van der Waals surface area contributed by atoms with E-state index >= 15 is 0 Å². The molecule has 0 atom stereocenters. The fourth-order valence-electron chi connectivity index (χ4n) is 1.82. The lowest BCUT2D eigenvalue weighted by atomic mass is 10.1. The summed E-state index contributed by atoms with van der Waals surface area (Å²) in [6, 6.07) is 14.6. The zero-order chi connectivity index (χ0) is 15.9. The Balaban J connectivity index is 1.97. The molecule has 0 spiro atoms. The van der Waals surface area contributed by atoms with Crippen molar-refractivity contribution in [2.75, 3.05) is 0 Å². The first-order valence-electron chi connectivity index (χ1n) is 6.52. The van der Waals surface area contributed by atoms with E-state index in [1.54, 1.807) is 0 Å². The summed E-state index contributed by atoms with van der Waals surface area (Å²) in [5.41, 5.74) is 1.14. The van der Waals surface area contributed by atoms with E-state index in [0.29, 0.717) is 5.56 Å². The third-order valence-corrected chi connectivity index (χ3v) is 2.95. The predicted molar refractivity (Wildman–Crippen MR) is 80.3 cm³/mol. The van der Waals surface area contributed by atoms with Gasteiger partial charge < -0.3 is 0 Å². The SMILES string of the molecule is O=C(/C=C/N(O)Cc1ccccc1)c1ccc([N+](=O)[O-])cc1. The number of carbonyl (C=O) groups excluding carboxylic acids is 1. The van der Waals surface area contributed by atoms with Gasteiger partial charge in [-0.25, -0.2) is 0 Å². The number of hydrogen-bond acceptors (Lipinski definition) is 5. The molecule has 0 aliphatic heterocycles. The minimum atomic E-state index is -0.528. The van der Waals surface area contributed by atoms with Gasteiger partial charge in [-0.15, -0.1) is 0 Å². The minimum Gasteiger partial charge on any atom is -0.289 e. The quantitative estimate of drug-likeness (QED) is 0.383. The Morgan fingerprint density at radius 2 is 1.77 bits per heavy atom. The molecule has 0 bridgehead atoms. The van der Waals surface area contributed by atoms with Gasteiger partial charge in [-0.05, 0) is 17.7 Å². The van der Waals surface area contributed by atoms with Crippen LogP contribution in [0.5, 0.6) is 0 Å². The fraction of sp³-hybridized carbons (Fsp3) is 0.0625. The molecule has 0 aliphatic rings. The summed E-state index contributed by atoms with van der Waals surface area (Å²) in [6.45, 7) is 0.255. The molecule has 0 saturated heterocycles. The molecule has 0 aliphatic carbocycles. The van der Waals surface area contributed by atoms with Gasteiger partial charge in [0.05, 0.1) is 11.5 Å². The molecule has 22 heavy (non-hydrogen) atoms. The van der Waals surface area contributed by atoms with Crippen LogP contribution in [0.15, 0.2) is 66.9 Å². The van der Waals surface area contributed by atoms with Crippen molar-refractivity contribution in [2.45, 2.75) is 6.54 Å². The van der Waals surface area contributed by atoms with Gasteiger partial charge in [-0.3, -0.25) is 25.2 Å². The zero-order valence-electron chi connectivity index (χ0n) is 11.6. The van der Waals surface area contributed by atoms with Crippen LogP contribution >= 0.6 is 0 Å². The maximum atomic E-state index is 11.9. The average molecular weight is 298 g/mol. The molecule has 0 unspecified atom stereocenters. The van der Waals surface area contributed by atoms with Crippen molar-refractivity contribution >= 4 is 11.5 Å². The highest BCUT2D eigenvalue weighted by atomic mass is 16.6. The van der Waals surface area contributed by atoms with Crippen LogP contribution in [0.3, 0.4) is 0 Å². The number of rotatable bonds is 6. The lowest BCUT2D eigenvalue weighted by Gasteiger charge is -2.11. The number of ketones is 1. The van der Waals surface area contributed by atoms with Crippen LogP contribution < -0.4 is 0 Å². The van der Waals surface area contributed by atoms with Crippen molar-refractivity contribution in [1.82, 2.24) is 5.06 Å². The van der Waals surface area contributed by atoms with E-state index in [4.69, 9.17) is 0 Å². The second kappa shape index (κ2) is 7.14. The second-order valence-corrected chi connectivity index (χ2v) is 4.57. The van der Waals surface area contributed by atoms with E-state index in [1.165, 1.54) is 36.5 Å². The van der Waals surface area contributed by atoms with Crippen LogP contribution in [0.1, 0.15) is 15.9 Å². The molecular formula is C16H14N2O4. The molecule has 1 N–H and O–H groups in total. The Bertz CT molecular complexity index is 681. The van der Waals surface area contributed by atoms with Gasteiger partial charge in [0.25, 0.3) is 5.69 Å². The van der Waals surface area contributed by atoms with Gasteiger partial charge in [0.2, 0.25) is 0 Å².